The van der Waals surface area contributed by atoms with Gasteiger partial charge < -0.3 is 20.5 Å². The minimum absolute atomic E-state index is 0.351. The summed E-state index contributed by atoms with van der Waals surface area (Å²) in [6, 6.07) is 3.31. The molecule has 3 N–H and O–H groups in total. The van der Waals surface area contributed by atoms with Crippen LogP contribution in [-0.2, 0) is 0 Å². The van der Waals surface area contributed by atoms with Gasteiger partial charge in [0.25, 0.3) is 0 Å². The van der Waals surface area contributed by atoms with Crippen molar-refractivity contribution in [1.82, 2.24) is 19.5 Å². The van der Waals surface area contributed by atoms with E-state index in [1.165, 1.54) is 25.7 Å². The number of anilines is 3. The van der Waals surface area contributed by atoms with Crippen molar-refractivity contribution in [3.8, 4) is 0 Å². The smallest absolute Gasteiger partial charge is 0.227 e. The van der Waals surface area contributed by atoms with Crippen LogP contribution in [0.3, 0.4) is 0 Å². The second kappa shape index (κ2) is 7.61. The van der Waals surface area contributed by atoms with Crippen LogP contribution < -0.4 is 16.0 Å². The predicted octanol–water partition coefficient (Wildman–Crippen LogP) is 3.24. The fourth-order valence-corrected chi connectivity index (χ4v) is 4.17. The summed E-state index contributed by atoms with van der Waals surface area (Å²) < 4.78 is 2.23. The molecule has 0 atom stereocenters. The highest BCUT2D eigenvalue weighted by molar-refractivity contribution is 5.52. The molecular formula is C19H29N7. The van der Waals surface area contributed by atoms with Crippen LogP contribution in [-0.4, -0.2) is 38.7 Å². The fourth-order valence-electron chi connectivity index (χ4n) is 4.17. The molecule has 0 saturated heterocycles. The molecule has 0 radical (unpaired) electrons. The molecule has 0 aliphatic heterocycles. The number of hydrogen-bond acceptors (Lipinski definition) is 6. The third-order valence-corrected chi connectivity index (χ3v) is 5.85. The SMILES string of the molecule is CN(c1nccc(Nc2cn(C3CCCC3)cn2)n1)C1CCC(N)CC1. The van der Waals surface area contributed by atoms with Gasteiger partial charge in [-0.15, -0.1) is 0 Å². The lowest BCUT2D eigenvalue weighted by Gasteiger charge is -2.33. The number of rotatable bonds is 5. The lowest BCUT2D eigenvalue weighted by Crippen LogP contribution is -2.39. The van der Waals surface area contributed by atoms with Gasteiger partial charge in [0.05, 0.1) is 6.33 Å². The molecule has 2 aromatic heterocycles. The minimum Gasteiger partial charge on any atom is -0.341 e. The molecule has 7 heteroatoms. The Labute approximate surface area is 155 Å². The Hall–Kier alpha value is -2.15. The molecule has 2 saturated carbocycles. The molecule has 2 heterocycles. The lowest BCUT2D eigenvalue weighted by atomic mass is 9.91. The average Bonchev–Trinajstić information content (AvgIpc) is 3.34. The second-order valence-electron chi connectivity index (χ2n) is 7.69. The topological polar surface area (TPSA) is 84.9 Å². The average molecular weight is 355 g/mol. The summed E-state index contributed by atoms with van der Waals surface area (Å²) in [5.74, 6) is 2.38. The Morgan fingerprint density at radius 3 is 2.62 bits per heavy atom. The van der Waals surface area contributed by atoms with Crippen LogP contribution in [0.1, 0.15) is 57.4 Å². The molecular weight excluding hydrogens is 326 g/mol. The van der Waals surface area contributed by atoms with Crippen LogP contribution in [0.5, 0.6) is 0 Å². The van der Waals surface area contributed by atoms with Crippen LogP contribution in [0.25, 0.3) is 0 Å². The van der Waals surface area contributed by atoms with Gasteiger partial charge in [-0.3, -0.25) is 0 Å². The Bertz CT molecular complexity index is 714. The lowest BCUT2D eigenvalue weighted by molar-refractivity contribution is 0.382. The summed E-state index contributed by atoms with van der Waals surface area (Å²) >= 11 is 0. The second-order valence-corrected chi connectivity index (χ2v) is 7.69. The van der Waals surface area contributed by atoms with E-state index in [0.29, 0.717) is 18.1 Å². The summed E-state index contributed by atoms with van der Waals surface area (Å²) in [7, 11) is 2.08. The van der Waals surface area contributed by atoms with Gasteiger partial charge in [-0.2, -0.15) is 4.98 Å². The van der Waals surface area contributed by atoms with Gasteiger partial charge in [-0.05, 0) is 44.6 Å². The molecule has 7 nitrogen and oxygen atoms in total. The molecule has 140 valence electrons. The third-order valence-electron chi connectivity index (χ3n) is 5.85. The van der Waals surface area contributed by atoms with Crippen LogP contribution in [0.4, 0.5) is 17.6 Å². The molecule has 0 aromatic carbocycles. The predicted molar refractivity (Wildman–Crippen MR) is 104 cm³/mol. The molecule has 2 aliphatic carbocycles. The zero-order valence-corrected chi connectivity index (χ0v) is 15.5. The first-order valence-corrected chi connectivity index (χ1v) is 9.81. The van der Waals surface area contributed by atoms with Crippen molar-refractivity contribution in [1.29, 1.82) is 0 Å². The molecule has 0 amide bonds. The zero-order chi connectivity index (χ0) is 17.9. The number of aromatic nitrogens is 4. The monoisotopic (exact) mass is 355 g/mol. The maximum atomic E-state index is 6.02. The van der Waals surface area contributed by atoms with Crippen molar-refractivity contribution in [2.75, 3.05) is 17.3 Å². The molecule has 26 heavy (non-hydrogen) atoms. The number of nitrogens with zero attached hydrogens (tertiary/aromatic N) is 5. The van der Waals surface area contributed by atoms with Gasteiger partial charge >= 0.3 is 0 Å². The van der Waals surface area contributed by atoms with Crippen LogP contribution in [0.2, 0.25) is 0 Å². The molecule has 0 spiro atoms. The Morgan fingerprint density at radius 2 is 1.85 bits per heavy atom. The number of hydrogen-bond donors (Lipinski definition) is 2. The van der Waals surface area contributed by atoms with Gasteiger partial charge in [0.1, 0.15) is 11.6 Å². The number of nitrogens with one attached hydrogen (secondary N) is 1. The van der Waals surface area contributed by atoms with E-state index in [4.69, 9.17) is 10.7 Å². The summed E-state index contributed by atoms with van der Waals surface area (Å²) in [4.78, 5) is 15.8. The number of imidazole rings is 1. The highest BCUT2D eigenvalue weighted by Gasteiger charge is 2.23. The van der Waals surface area contributed by atoms with Crippen LogP contribution in [0, 0.1) is 0 Å². The maximum absolute atomic E-state index is 6.02. The molecule has 4 rings (SSSR count). The van der Waals surface area contributed by atoms with E-state index in [1.54, 1.807) is 0 Å². The van der Waals surface area contributed by atoms with E-state index in [9.17, 15) is 0 Å². The zero-order valence-electron chi connectivity index (χ0n) is 15.5. The Kier molecular flexibility index (Phi) is 5.06. The van der Waals surface area contributed by atoms with Crippen molar-refractivity contribution < 1.29 is 0 Å². The van der Waals surface area contributed by atoms with Crippen molar-refractivity contribution in [2.45, 2.75) is 69.5 Å². The molecule has 2 aliphatic rings. The first kappa shape index (κ1) is 17.3. The Balaban J connectivity index is 1.42. The van der Waals surface area contributed by atoms with E-state index in [0.717, 1.165) is 43.3 Å². The van der Waals surface area contributed by atoms with Gasteiger partial charge in [-0.1, -0.05) is 12.8 Å². The van der Waals surface area contributed by atoms with Crippen molar-refractivity contribution in [3.63, 3.8) is 0 Å². The van der Waals surface area contributed by atoms with E-state index in [-0.39, 0.29) is 0 Å². The molecule has 2 fully saturated rings. The first-order chi connectivity index (χ1) is 12.7. The highest BCUT2D eigenvalue weighted by Crippen LogP contribution is 2.30. The van der Waals surface area contributed by atoms with E-state index >= 15 is 0 Å². The summed E-state index contributed by atoms with van der Waals surface area (Å²) in [5, 5.41) is 3.32. The highest BCUT2D eigenvalue weighted by atomic mass is 15.3. The first-order valence-electron chi connectivity index (χ1n) is 9.81. The quantitative estimate of drug-likeness (QED) is 0.856. The fraction of sp³-hybridized carbons (Fsp3) is 0.632. The summed E-state index contributed by atoms with van der Waals surface area (Å²) in [6.07, 6.45) is 15.3. The Morgan fingerprint density at radius 1 is 1.08 bits per heavy atom. The standard InChI is InChI=1S/C19H29N7/c1-25(15-8-6-14(20)7-9-15)19-21-11-10-17(24-19)23-18-12-26(13-22-18)16-4-2-3-5-16/h10-16H,2-9,20H2,1H3,(H,21,23,24). The van der Waals surface area contributed by atoms with Crippen LogP contribution in [0.15, 0.2) is 24.8 Å². The third kappa shape index (κ3) is 3.82. The molecule has 0 bridgehead atoms. The molecule has 2 aromatic rings. The van der Waals surface area contributed by atoms with Crippen molar-refractivity contribution in [3.05, 3.63) is 24.8 Å². The molecule has 0 unspecified atom stereocenters. The summed E-state index contributed by atoms with van der Waals surface area (Å²) in [6.45, 7) is 0. The largest absolute Gasteiger partial charge is 0.341 e. The van der Waals surface area contributed by atoms with Gasteiger partial charge in [0.15, 0.2) is 0 Å². The van der Waals surface area contributed by atoms with E-state index in [1.807, 2.05) is 18.6 Å². The summed E-state index contributed by atoms with van der Waals surface area (Å²) in [5.41, 5.74) is 6.02. The van der Waals surface area contributed by atoms with Gasteiger partial charge in [0, 0.05) is 37.6 Å². The van der Waals surface area contributed by atoms with Crippen molar-refractivity contribution >= 4 is 17.6 Å². The van der Waals surface area contributed by atoms with Gasteiger partial charge in [0.2, 0.25) is 5.95 Å². The minimum atomic E-state index is 0.351. The van der Waals surface area contributed by atoms with Crippen LogP contribution >= 0.6 is 0 Å². The van der Waals surface area contributed by atoms with Gasteiger partial charge in [-0.25, -0.2) is 9.97 Å². The van der Waals surface area contributed by atoms with E-state index < -0.39 is 0 Å². The maximum Gasteiger partial charge on any atom is 0.227 e. The van der Waals surface area contributed by atoms with Crippen molar-refractivity contribution in [2.24, 2.45) is 5.73 Å². The normalized spacial score (nSPS) is 23.9. The number of nitrogens with two attached hydrogens (primary N) is 1. The van der Waals surface area contributed by atoms with E-state index in [2.05, 4.69) is 38.0 Å².